The van der Waals surface area contributed by atoms with Gasteiger partial charge in [-0.05, 0) is 49.7 Å². The summed E-state index contributed by atoms with van der Waals surface area (Å²) >= 11 is 0. The molecular weight excluding hydrogens is 238 g/mol. The summed E-state index contributed by atoms with van der Waals surface area (Å²) in [6.07, 6.45) is 2.96. The van der Waals surface area contributed by atoms with Gasteiger partial charge in [0.1, 0.15) is 0 Å². The number of esters is 1. The van der Waals surface area contributed by atoms with E-state index in [1.54, 1.807) is 0 Å². The highest BCUT2D eigenvalue weighted by molar-refractivity contribution is 5.91. The molecule has 1 aromatic heterocycles. The molecule has 0 saturated carbocycles. The van der Waals surface area contributed by atoms with Crippen molar-refractivity contribution in [3.05, 3.63) is 28.6 Å². The molecule has 0 saturated heterocycles. The van der Waals surface area contributed by atoms with Crippen LogP contribution in [0.1, 0.15) is 67.3 Å². The van der Waals surface area contributed by atoms with Crippen molar-refractivity contribution in [1.29, 1.82) is 0 Å². The van der Waals surface area contributed by atoms with E-state index in [-0.39, 0.29) is 5.97 Å². The zero-order valence-corrected chi connectivity index (χ0v) is 12.3. The van der Waals surface area contributed by atoms with Crippen LogP contribution in [0.2, 0.25) is 0 Å². The summed E-state index contributed by atoms with van der Waals surface area (Å²) < 4.78 is 5.14. The number of rotatable bonds is 3. The van der Waals surface area contributed by atoms with E-state index in [0.717, 1.165) is 18.5 Å². The highest BCUT2D eigenvalue weighted by Crippen LogP contribution is 2.34. The molecule has 0 aromatic carbocycles. The molecule has 0 fully saturated rings. The van der Waals surface area contributed by atoms with Crippen LogP contribution in [0, 0.1) is 5.92 Å². The molecule has 104 valence electrons. The Morgan fingerprint density at radius 2 is 2.16 bits per heavy atom. The second kappa shape index (κ2) is 5.72. The van der Waals surface area contributed by atoms with Crippen molar-refractivity contribution >= 4 is 5.97 Å². The SMILES string of the molecule is CCOC(=O)c1cc2c(nc1CC)CC(C)CC2C. The van der Waals surface area contributed by atoms with E-state index in [9.17, 15) is 4.79 Å². The Kier molecular flexibility index (Phi) is 4.23. The van der Waals surface area contributed by atoms with E-state index < -0.39 is 0 Å². The molecule has 3 heteroatoms. The van der Waals surface area contributed by atoms with Gasteiger partial charge < -0.3 is 4.74 Å². The van der Waals surface area contributed by atoms with Gasteiger partial charge in [0.15, 0.2) is 0 Å². The monoisotopic (exact) mass is 261 g/mol. The molecule has 0 aliphatic heterocycles. The first-order valence-electron chi connectivity index (χ1n) is 7.26. The second-order valence-corrected chi connectivity index (χ2v) is 5.54. The summed E-state index contributed by atoms with van der Waals surface area (Å²) in [4.78, 5) is 16.8. The van der Waals surface area contributed by atoms with Crippen molar-refractivity contribution in [3.8, 4) is 0 Å². The number of nitrogens with zero attached hydrogens (tertiary/aromatic N) is 1. The molecule has 0 N–H and O–H groups in total. The normalized spacial score (nSPS) is 21.9. The molecule has 1 aromatic rings. The Bertz CT molecular complexity index is 482. The van der Waals surface area contributed by atoms with E-state index in [2.05, 4.69) is 13.8 Å². The van der Waals surface area contributed by atoms with Crippen LogP contribution in [-0.2, 0) is 17.6 Å². The van der Waals surface area contributed by atoms with Gasteiger partial charge in [0, 0.05) is 5.69 Å². The standard InChI is InChI=1S/C16H23NO2/c1-5-14-13(16(18)19-6-2)9-12-11(4)7-10(3)8-15(12)17-14/h9-11H,5-8H2,1-4H3. The highest BCUT2D eigenvalue weighted by Gasteiger charge is 2.25. The fraction of sp³-hybridized carbons (Fsp3) is 0.625. The fourth-order valence-electron chi connectivity index (χ4n) is 3.00. The van der Waals surface area contributed by atoms with Crippen LogP contribution >= 0.6 is 0 Å². The lowest BCUT2D eigenvalue weighted by Gasteiger charge is -2.27. The van der Waals surface area contributed by atoms with Gasteiger partial charge in [0.2, 0.25) is 0 Å². The number of fused-ring (bicyclic) bond motifs is 1. The van der Waals surface area contributed by atoms with Crippen LogP contribution in [0.15, 0.2) is 6.07 Å². The van der Waals surface area contributed by atoms with E-state index >= 15 is 0 Å². The molecule has 1 aliphatic rings. The van der Waals surface area contributed by atoms with Crippen molar-refractivity contribution in [2.45, 2.75) is 52.9 Å². The summed E-state index contributed by atoms with van der Waals surface area (Å²) in [7, 11) is 0. The van der Waals surface area contributed by atoms with Gasteiger partial charge in [0.05, 0.1) is 17.9 Å². The maximum atomic E-state index is 12.0. The van der Waals surface area contributed by atoms with Crippen molar-refractivity contribution in [1.82, 2.24) is 4.98 Å². The molecule has 2 atom stereocenters. The topological polar surface area (TPSA) is 39.2 Å². The third-order valence-electron chi connectivity index (χ3n) is 3.87. The third-order valence-corrected chi connectivity index (χ3v) is 3.87. The third kappa shape index (κ3) is 2.80. The second-order valence-electron chi connectivity index (χ2n) is 5.54. The quantitative estimate of drug-likeness (QED) is 0.782. The Morgan fingerprint density at radius 1 is 1.42 bits per heavy atom. The average Bonchev–Trinajstić information content (AvgIpc) is 2.37. The molecule has 3 nitrogen and oxygen atoms in total. The van der Waals surface area contributed by atoms with Crippen molar-refractivity contribution in [2.75, 3.05) is 6.61 Å². The summed E-state index contributed by atoms with van der Waals surface area (Å²) in [5.41, 5.74) is 3.94. The number of ether oxygens (including phenoxy) is 1. The van der Waals surface area contributed by atoms with Crippen LogP contribution in [-0.4, -0.2) is 17.6 Å². The van der Waals surface area contributed by atoms with Gasteiger partial charge in [-0.15, -0.1) is 0 Å². The maximum Gasteiger partial charge on any atom is 0.339 e. The van der Waals surface area contributed by atoms with E-state index in [4.69, 9.17) is 9.72 Å². The molecule has 1 heterocycles. The van der Waals surface area contributed by atoms with Crippen LogP contribution in [0.25, 0.3) is 0 Å². The molecule has 2 rings (SSSR count). The lowest BCUT2D eigenvalue weighted by molar-refractivity contribution is 0.0524. The molecule has 0 amide bonds. The first kappa shape index (κ1) is 14.0. The lowest BCUT2D eigenvalue weighted by Crippen LogP contribution is -2.20. The van der Waals surface area contributed by atoms with Crippen molar-refractivity contribution in [2.24, 2.45) is 5.92 Å². The average molecular weight is 261 g/mol. The number of hydrogen-bond acceptors (Lipinski definition) is 3. The van der Waals surface area contributed by atoms with E-state index in [0.29, 0.717) is 24.0 Å². The van der Waals surface area contributed by atoms with Crippen LogP contribution in [0.5, 0.6) is 0 Å². The van der Waals surface area contributed by atoms with E-state index in [1.165, 1.54) is 17.7 Å². The van der Waals surface area contributed by atoms with Crippen LogP contribution in [0.4, 0.5) is 0 Å². The Morgan fingerprint density at radius 3 is 2.79 bits per heavy atom. The summed E-state index contributed by atoms with van der Waals surface area (Å²) in [5, 5.41) is 0. The number of carbonyl (C=O) groups excluding carboxylic acids is 1. The molecular formula is C16H23NO2. The summed E-state index contributed by atoms with van der Waals surface area (Å²) in [5.74, 6) is 0.916. The molecule has 0 radical (unpaired) electrons. The predicted molar refractivity (Wildman–Crippen MR) is 75.5 cm³/mol. The maximum absolute atomic E-state index is 12.0. The highest BCUT2D eigenvalue weighted by atomic mass is 16.5. The predicted octanol–water partition coefficient (Wildman–Crippen LogP) is 3.51. The summed E-state index contributed by atoms with van der Waals surface area (Å²) in [6.45, 7) is 8.77. The number of aryl methyl sites for hydroxylation is 1. The van der Waals surface area contributed by atoms with Gasteiger partial charge in [0.25, 0.3) is 0 Å². The Balaban J connectivity index is 2.45. The lowest BCUT2D eigenvalue weighted by atomic mass is 9.80. The Labute approximate surface area is 115 Å². The largest absolute Gasteiger partial charge is 0.462 e. The number of aromatic nitrogens is 1. The van der Waals surface area contributed by atoms with Crippen LogP contribution in [0.3, 0.4) is 0 Å². The van der Waals surface area contributed by atoms with Gasteiger partial charge in [-0.2, -0.15) is 0 Å². The van der Waals surface area contributed by atoms with Gasteiger partial charge in [-0.3, -0.25) is 4.98 Å². The smallest absolute Gasteiger partial charge is 0.339 e. The summed E-state index contributed by atoms with van der Waals surface area (Å²) in [6, 6.07) is 2.02. The van der Waals surface area contributed by atoms with Gasteiger partial charge in [-0.1, -0.05) is 20.8 Å². The number of hydrogen-bond donors (Lipinski definition) is 0. The van der Waals surface area contributed by atoms with E-state index in [1.807, 2.05) is 19.9 Å². The molecule has 0 bridgehead atoms. The zero-order valence-electron chi connectivity index (χ0n) is 12.3. The number of pyridine rings is 1. The zero-order chi connectivity index (χ0) is 14.0. The minimum absolute atomic E-state index is 0.236. The van der Waals surface area contributed by atoms with Crippen molar-refractivity contribution < 1.29 is 9.53 Å². The molecule has 1 aliphatic carbocycles. The fourth-order valence-corrected chi connectivity index (χ4v) is 3.00. The minimum atomic E-state index is -0.236. The number of carbonyl (C=O) groups is 1. The van der Waals surface area contributed by atoms with Gasteiger partial charge in [-0.25, -0.2) is 4.79 Å². The minimum Gasteiger partial charge on any atom is -0.462 e. The Hall–Kier alpha value is -1.38. The molecule has 2 unspecified atom stereocenters. The molecule has 19 heavy (non-hydrogen) atoms. The van der Waals surface area contributed by atoms with Gasteiger partial charge >= 0.3 is 5.97 Å². The van der Waals surface area contributed by atoms with Crippen molar-refractivity contribution in [3.63, 3.8) is 0 Å². The first-order valence-corrected chi connectivity index (χ1v) is 7.26. The first-order chi connectivity index (χ1) is 9.06. The van der Waals surface area contributed by atoms with Crippen LogP contribution < -0.4 is 0 Å². The molecule has 0 spiro atoms.